The second-order valence-electron chi connectivity index (χ2n) is 6.47. The maximum atomic E-state index is 12.5. The van der Waals surface area contributed by atoms with Crippen molar-refractivity contribution in [1.82, 2.24) is 25.4 Å². The topological polar surface area (TPSA) is 128 Å². The third-order valence-electron chi connectivity index (χ3n) is 4.59. The van der Waals surface area contributed by atoms with Gasteiger partial charge in [-0.3, -0.25) is 15.0 Å². The van der Waals surface area contributed by atoms with E-state index in [9.17, 15) is 22.8 Å². The van der Waals surface area contributed by atoms with Crippen molar-refractivity contribution in [2.24, 2.45) is 0 Å². The highest BCUT2D eigenvalue weighted by atomic mass is 32.2. The lowest BCUT2D eigenvalue weighted by atomic mass is 10.2. The first-order valence-corrected chi connectivity index (χ1v) is 11.0. The molecule has 0 spiro atoms. The zero-order valence-corrected chi connectivity index (χ0v) is 17.4. The smallest absolute Gasteiger partial charge is 0.336 e. The zero-order chi connectivity index (χ0) is 21.4. The number of carbonyl (C=O) groups excluding carboxylic acids is 3. The molecule has 0 unspecified atom stereocenters. The molecule has 1 aliphatic rings. The summed E-state index contributed by atoms with van der Waals surface area (Å²) in [4.78, 5) is 37.3. The maximum Gasteiger partial charge on any atom is 0.336 e. The maximum absolute atomic E-state index is 12.5. The van der Waals surface area contributed by atoms with Crippen molar-refractivity contribution in [3.05, 3.63) is 29.8 Å². The Morgan fingerprint density at radius 1 is 1.00 bits per heavy atom. The number of hydrogen-bond donors (Lipinski definition) is 3. The van der Waals surface area contributed by atoms with Crippen LogP contribution in [0.15, 0.2) is 29.2 Å². The van der Waals surface area contributed by atoms with E-state index in [0.717, 1.165) is 12.8 Å². The van der Waals surface area contributed by atoms with Crippen LogP contribution in [0.2, 0.25) is 0 Å². The van der Waals surface area contributed by atoms with Crippen LogP contribution in [-0.2, 0) is 14.8 Å². The van der Waals surface area contributed by atoms with E-state index in [0.29, 0.717) is 26.2 Å². The summed E-state index contributed by atoms with van der Waals surface area (Å²) in [6.45, 7) is 5.29. The molecule has 0 bridgehead atoms. The van der Waals surface area contributed by atoms with Crippen LogP contribution in [0.4, 0.5) is 4.79 Å². The molecule has 10 nitrogen and oxygen atoms in total. The molecule has 0 aromatic heterocycles. The van der Waals surface area contributed by atoms with Crippen LogP contribution in [0.25, 0.3) is 0 Å². The van der Waals surface area contributed by atoms with Gasteiger partial charge in [0.15, 0.2) is 0 Å². The van der Waals surface area contributed by atoms with Gasteiger partial charge in [0.1, 0.15) is 0 Å². The van der Waals surface area contributed by atoms with Crippen molar-refractivity contribution in [1.29, 1.82) is 0 Å². The van der Waals surface area contributed by atoms with Crippen molar-refractivity contribution in [3.8, 4) is 0 Å². The Labute approximate surface area is 170 Å². The lowest BCUT2D eigenvalue weighted by Crippen LogP contribution is -2.51. The SMILES string of the molecule is CCN(CC)C(=O)NNC(=O)CNC(=O)c1ccc(S(=O)(=O)N2CCCC2)cc1. The minimum Gasteiger partial charge on any atom is -0.343 e. The highest BCUT2D eigenvalue weighted by Gasteiger charge is 2.27. The third kappa shape index (κ3) is 5.91. The summed E-state index contributed by atoms with van der Waals surface area (Å²) in [7, 11) is -3.54. The van der Waals surface area contributed by atoms with Crippen LogP contribution < -0.4 is 16.2 Å². The number of nitrogens with zero attached hydrogens (tertiary/aromatic N) is 2. The van der Waals surface area contributed by atoms with Gasteiger partial charge in [0, 0.05) is 31.7 Å². The van der Waals surface area contributed by atoms with Gasteiger partial charge >= 0.3 is 6.03 Å². The van der Waals surface area contributed by atoms with Crippen LogP contribution in [0.5, 0.6) is 0 Å². The molecule has 1 aromatic rings. The summed E-state index contributed by atoms with van der Waals surface area (Å²) in [5, 5.41) is 2.42. The number of amides is 4. The van der Waals surface area contributed by atoms with Crippen LogP contribution in [0.1, 0.15) is 37.0 Å². The van der Waals surface area contributed by atoms with Gasteiger partial charge in [-0.05, 0) is 51.0 Å². The summed E-state index contributed by atoms with van der Waals surface area (Å²) in [5.41, 5.74) is 4.71. The van der Waals surface area contributed by atoms with E-state index in [1.54, 1.807) is 0 Å². The molecule has 0 radical (unpaired) electrons. The number of rotatable bonds is 7. The molecule has 3 N–H and O–H groups in total. The standard InChI is InChI=1S/C18H27N5O5S/c1-3-22(4-2)18(26)21-20-16(24)13-19-17(25)14-7-9-15(10-8-14)29(27,28)23-11-5-6-12-23/h7-10H,3-6,11-13H2,1-2H3,(H,19,25)(H,20,24)(H,21,26). The molecule has 4 amide bonds. The Morgan fingerprint density at radius 3 is 2.14 bits per heavy atom. The summed E-state index contributed by atoms with van der Waals surface area (Å²) in [6.07, 6.45) is 1.69. The minimum absolute atomic E-state index is 0.132. The minimum atomic E-state index is -3.54. The van der Waals surface area contributed by atoms with Crippen LogP contribution in [0, 0.1) is 0 Å². The molecule has 0 saturated carbocycles. The normalized spacial score (nSPS) is 14.3. The lowest BCUT2D eigenvalue weighted by Gasteiger charge is -2.19. The van der Waals surface area contributed by atoms with E-state index >= 15 is 0 Å². The first kappa shape index (κ1) is 22.6. The predicted molar refractivity (Wildman–Crippen MR) is 106 cm³/mol. The summed E-state index contributed by atoms with van der Waals surface area (Å²) in [5.74, 6) is -1.12. The van der Waals surface area contributed by atoms with Crippen LogP contribution in [-0.4, -0.2) is 68.2 Å². The average Bonchev–Trinajstić information content (AvgIpc) is 3.27. The second-order valence-corrected chi connectivity index (χ2v) is 8.41. The highest BCUT2D eigenvalue weighted by Crippen LogP contribution is 2.21. The fourth-order valence-electron chi connectivity index (χ4n) is 2.88. The molecule has 0 aliphatic carbocycles. The molecule has 1 aliphatic heterocycles. The van der Waals surface area contributed by atoms with Gasteiger partial charge < -0.3 is 10.2 Å². The number of urea groups is 1. The van der Waals surface area contributed by atoms with Crippen molar-refractivity contribution < 1.29 is 22.8 Å². The Morgan fingerprint density at radius 2 is 1.59 bits per heavy atom. The molecule has 29 heavy (non-hydrogen) atoms. The van der Waals surface area contributed by atoms with E-state index in [4.69, 9.17) is 0 Å². The van der Waals surface area contributed by atoms with Gasteiger partial charge in [-0.15, -0.1) is 0 Å². The van der Waals surface area contributed by atoms with Gasteiger partial charge in [0.25, 0.3) is 11.8 Å². The Bertz CT molecular complexity index is 831. The van der Waals surface area contributed by atoms with E-state index < -0.39 is 27.9 Å². The van der Waals surface area contributed by atoms with Gasteiger partial charge in [-0.25, -0.2) is 18.6 Å². The summed E-state index contributed by atoms with van der Waals surface area (Å²) < 4.78 is 26.4. The molecule has 0 atom stereocenters. The summed E-state index contributed by atoms with van der Waals surface area (Å²) >= 11 is 0. The van der Waals surface area contributed by atoms with E-state index in [-0.39, 0.29) is 17.0 Å². The number of hydrazine groups is 1. The van der Waals surface area contributed by atoms with Crippen molar-refractivity contribution >= 4 is 27.9 Å². The van der Waals surface area contributed by atoms with E-state index in [2.05, 4.69) is 16.2 Å². The molecular formula is C18H27N5O5S. The second kappa shape index (κ2) is 10.2. The average molecular weight is 426 g/mol. The highest BCUT2D eigenvalue weighted by molar-refractivity contribution is 7.89. The monoisotopic (exact) mass is 425 g/mol. The molecule has 2 rings (SSSR count). The van der Waals surface area contributed by atoms with Gasteiger partial charge in [0.2, 0.25) is 10.0 Å². The van der Waals surface area contributed by atoms with Gasteiger partial charge in [0.05, 0.1) is 11.4 Å². The number of carbonyl (C=O) groups is 3. The number of sulfonamides is 1. The predicted octanol–water partition coefficient (Wildman–Crippen LogP) is 0.284. The molecule has 1 saturated heterocycles. The Kier molecular flexibility index (Phi) is 7.97. The molecule has 1 aromatic carbocycles. The van der Waals surface area contributed by atoms with Crippen molar-refractivity contribution in [3.63, 3.8) is 0 Å². The van der Waals surface area contributed by atoms with E-state index in [1.165, 1.54) is 33.5 Å². The zero-order valence-electron chi connectivity index (χ0n) is 16.6. The number of nitrogens with one attached hydrogen (secondary N) is 3. The molecule has 160 valence electrons. The molecular weight excluding hydrogens is 398 g/mol. The van der Waals surface area contributed by atoms with Gasteiger partial charge in [-0.1, -0.05) is 0 Å². The largest absolute Gasteiger partial charge is 0.343 e. The fourth-order valence-corrected chi connectivity index (χ4v) is 4.39. The quantitative estimate of drug-likeness (QED) is 0.541. The third-order valence-corrected chi connectivity index (χ3v) is 6.50. The Balaban J connectivity index is 1.85. The molecule has 1 heterocycles. The summed E-state index contributed by atoms with van der Waals surface area (Å²) in [6, 6.07) is 5.13. The van der Waals surface area contributed by atoms with E-state index in [1.807, 2.05) is 13.8 Å². The van der Waals surface area contributed by atoms with Crippen LogP contribution >= 0.6 is 0 Å². The van der Waals surface area contributed by atoms with Gasteiger partial charge in [-0.2, -0.15) is 4.31 Å². The number of hydrogen-bond acceptors (Lipinski definition) is 5. The molecule has 11 heteroatoms. The lowest BCUT2D eigenvalue weighted by molar-refractivity contribution is -0.120. The number of benzene rings is 1. The van der Waals surface area contributed by atoms with Crippen molar-refractivity contribution in [2.75, 3.05) is 32.7 Å². The first-order chi connectivity index (χ1) is 13.8. The molecule has 1 fully saturated rings. The fraction of sp³-hybridized carbons (Fsp3) is 0.500. The Hall–Kier alpha value is -2.66. The van der Waals surface area contributed by atoms with Crippen molar-refractivity contribution in [2.45, 2.75) is 31.6 Å². The van der Waals surface area contributed by atoms with Crippen LogP contribution in [0.3, 0.4) is 0 Å². The first-order valence-electron chi connectivity index (χ1n) is 9.51.